The first-order chi connectivity index (χ1) is 11.7. The van der Waals surface area contributed by atoms with Gasteiger partial charge in [-0.15, -0.1) is 0 Å². The lowest BCUT2D eigenvalue weighted by Gasteiger charge is -2.36. The number of aromatic nitrogens is 2. The lowest BCUT2D eigenvalue weighted by Crippen LogP contribution is -2.53. The smallest absolute Gasteiger partial charge is 0.317 e. The summed E-state index contributed by atoms with van der Waals surface area (Å²) in [4.78, 5) is 19.1. The zero-order chi connectivity index (χ0) is 16.9. The Morgan fingerprint density at radius 3 is 2.92 bits per heavy atom. The molecule has 2 fully saturated rings. The van der Waals surface area contributed by atoms with E-state index in [1.807, 2.05) is 24.3 Å². The molecule has 0 aromatic carbocycles. The molecular weight excluding hydrogens is 304 g/mol. The summed E-state index contributed by atoms with van der Waals surface area (Å²) in [5.74, 6) is 1.60. The van der Waals surface area contributed by atoms with Crippen molar-refractivity contribution in [2.45, 2.75) is 57.1 Å². The van der Waals surface area contributed by atoms with Crippen molar-refractivity contribution in [2.75, 3.05) is 20.2 Å². The van der Waals surface area contributed by atoms with Crippen LogP contribution in [0.1, 0.15) is 44.3 Å². The molecule has 2 heterocycles. The van der Waals surface area contributed by atoms with Crippen molar-refractivity contribution >= 4 is 6.03 Å². The van der Waals surface area contributed by atoms with E-state index in [2.05, 4.69) is 14.9 Å². The second-order valence-corrected chi connectivity index (χ2v) is 7.23. The molecule has 6 heteroatoms. The summed E-state index contributed by atoms with van der Waals surface area (Å²) in [6.07, 6.45) is 11.6. The van der Waals surface area contributed by atoms with Gasteiger partial charge in [0.2, 0.25) is 0 Å². The molecule has 134 valence electrons. The SMILES string of the molecule is CO[C@@H]1CCCC[C@@H]1NC(=O)N1CCC[C@H](Cc2nccn2C)C1. The summed E-state index contributed by atoms with van der Waals surface area (Å²) in [5.41, 5.74) is 0. The van der Waals surface area contributed by atoms with Crippen LogP contribution in [-0.2, 0) is 18.2 Å². The summed E-state index contributed by atoms with van der Waals surface area (Å²) in [5, 5.41) is 3.22. The van der Waals surface area contributed by atoms with Crippen LogP contribution in [0.2, 0.25) is 0 Å². The van der Waals surface area contributed by atoms with Gasteiger partial charge in [0.25, 0.3) is 0 Å². The summed E-state index contributed by atoms with van der Waals surface area (Å²) >= 11 is 0. The summed E-state index contributed by atoms with van der Waals surface area (Å²) in [6, 6.07) is 0.236. The number of imidazole rings is 1. The van der Waals surface area contributed by atoms with Crippen LogP contribution in [0.3, 0.4) is 0 Å². The molecule has 1 saturated carbocycles. The van der Waals surface area contributed by atoms with Gasteiger partial charge in [-0.2, -0.15) is 0 Å². The zero-order valence-electron chi connectivity index (χ0n) is 14.9. The van der Waals surface area contributed by atoms with Gasteiger partial charge in [-0.05, 0) is 31.6 Å². The number of rotatable bonds is 4. The van der Waals surface area contributed by atoms with Crippen LogP contribution in [0, 0.1) is 5.92 Å². The van der Waals surface area contributed by atoms with E-state index in [9.17, 15) is 4.79 Å². The standard InChI is InChI=1S/C18H30N4O2/c1-21-11-9-19-17(21)12-14-6-5-10-22(13-14)18(23)20-15-7-3-4-8-16(15)24-2/h9,11,14-16H,3-8,10,12-13H2,1-2H3,(H,20,23)/t14-,15+,16-/m1/s1. The number of urea groups is 1. The topological polar surface area (TPSA) is 59.4 Å². The lowest BCUT2D eigenvalue weighted by atomic mass is 9.92. The van der Waals surface area contributed by atoms with Gasteiger partial charge in [0.1, 0.15) is 5.82 Å². The number of piperidine rings is 1. The maximum absolute atomic E-state index is 12.7. The van der Waals surface area contributed by atoms with Crippen molar-refractivity contribution in [1.29, 1.82) is 0 Å². The van der Waals surface area contributed by atoms with Crippen LogP contribution in [-0.4, -0.2) is 52.8 Å². The normalized spacial score (nSPS) is 27.9. The second kappa shape index (κ2) is 8.01. The molecule has 0 radical (unpaired) electrons. The van der Waals surface area contributed by atoms with E-state index < -0.39 is 0 Å². The van der Waals surface area contributed by atoms with Gasteiger partial charge in [-0.3, -0.25) is 0 Å². The number of hydrogen-bond acceptors (Lipinski definition) is 3. The minimum absolute atomic E-state index is 0.0773. The molecule has 6 nitrogen and oxygen atoms in total. The molecule has 1 aromatic heterocycles. The van der Waals surface area contributed by atoms with E-state index in [1.54, 1.807) is 7.11 Å². The molecule has 0 bridgehead atoms. The van der Waals surface area contributed by atoms with E-state index in [4.69, 9.17) is 4.74 Å². The fourth-order valence-electron chi connectivity index (χ4n) is 4.06. The maximum atomic E-state index is 12.7. The number of ether oxygens (including phenoxy) is 1. The summed E-state index contributed by atoms with van der Waals surface area (Å²) < 4.78 is 7.63. The summed E-state index contributed by atoms with van der Waals surface area (Å²) in [6.45, 7) is 1.68. The molecule has 3 atom stereocenters. The second-order valence-electron chi connectivity index (χ2n) is 7.23. The van der Waals surface area contributed by atoms with Crippen LogP contribution in [0.5, 0.6) is 0 Å². The van der Waals surface area contributed by atoms with Gasteiger partial charge in [0, 0.05) is 46.1 Å². The molecule has 1 aliphatic carbocycles. The fourth-order valence-corrected chi connectivity index (χ4v) is 4.06. The first-order valence-electron chi connectivity index (χ1n) is 9.22. The third-order valence-electron chi connectivity index (χ3n) is 5.51. The highest BCUT2D eigenvalue weighted by molar-refractivity contribution is 5.74. The van der Waals surface area contributed by atoms with E-state index in [0.717, 1.165) is 44.6 Å². The minimum Gasteiger partial charge on any atom is -0.379 e. The summed E-state index contributed by atoms with van der Waals surface area (Å²) in [7, 11) is 3.78. The highest BCUT2D eigenvalue weighted by Gasteiger charge is 2.30. The van der Waals surface area contributed by atoms with Crippen molar-refractivity contribution in [3.63, 3.8) is 0 Å². The minimum atomic E-state index is 0.0773. The molecule has 24 heavy (non-hydrogen) atoms. The Kier molecular flexibility index (Phi) is 5.76. The van der Waals surface area contributed by atoms with Crippen molar-refractivity contribution in [3.05, 3.63) is 18.2 Å². The third-order valence-corrected chi connectivity index (χ3v) is 5.51. The van der Waals surface area contributed by atoms with E-state index in [-0.39, 0.29) is 18.2 Å². The highest BCUT2D eigenvalue weighted by atomic mass is 16.5. The van der Waals surface area contributed by atoms with Crippen LogP contribution in [0.4, 0.5) is 4.79 Å². The predicted octanol–water partition coefficient (Wildman–Crippen LogP) is 2.34. The molecule has 1 saturated heterocycles. The third kappa shape index (κ3) is 4.09. The Bertz CT molecular complexity index is 545. The van der Waals surface area contributed by atoms with Crippen molar-refractivity contribution in [2.24, 2.45) is 13.0 Å². The van der Waals surface area contributed by atoms with Crippen LogP contribution >= 0.6 is 0 Å². The van der Waals surface area contributed by atoms with Gasteiger partial charge >= 0.3 is 6.03 Å². The van der Waals surface area contributed by atoms with E-state index in [0.29, 0.717) is 5.92 Å². The number of amides is 2. The molecule has 0 unspecified atom stereocenters. The Hall–Kier alpha value is -1.56. The highest BCUT2D eigenvalue weighted by Crippen LogP contribution is 2.23. The van der Waals surface area contributed by atoms with E-state index in [1.165, 1.54) is 19.3 Å². The van der Waals surface area contributed by atoms with Crippen LogP contribution in [0.25, 0.3) is 0 Å². The fraction of sp³-hybridized carbons (Fsp3) is 0.778. The maximum Gasteiger partial charge on any atom is 0.317 e. The largest absolute Gasteiger partial charge is 0.379 e. The predicted molar refractivity (Wildman–Crippen MR) is 92.8 cm³/mol. The number of carbonyl (C=O) groups excluding carboxylic acids is 1. The average Bonchev–Trinajstić information content (AvgIpc) is 3.00. The number of aryl methyl sites for hydroxylation is 1. The molecule has 0 spiro atoms. The van der Waals surface area contributed by atoms with Gasteiger partial charge in [0.15, 0.2) is 0 Å². The van der Waals surface area contributed by atoms with Crippen molar-refractivity contribution < 1.29 is 9.53 Å². The molecule has 1 aliphatic heterocycles. The number of nitrogens with zero attached hydrogens (tertiary/aromatic N) is 3. The van der Waals surface area contributed by atoms with Gasteiger partial charge in [-0.25, -0.2) is 9.78 Å². The number of nitrogens with one attached hydrogen (secondary N) is 1. The van der Waals surface area contributed by atoms with Gasteiger partial charge in [0.05, 0.1) is 12.1 Å². The molecular formula is C18H30N4O2. The first kappa shape index (κ1) is 17.3. The Labute approximate surface area is 144 Å². The molecule has 3 rings (SSSR count). The number of carbonyl (C=O) groups is 1. The molecule has 2 aliphatic rings. The van der Waals surface area contributed by atoms with E-state index >= 15 is 0 Å². The quantitative estimate of drug-likeness (QED) is 0.919. The van der Waals surface area contributed by atoms with Gasteiger partial charge < -0.3 is 19.5 Å². The Balaban J connectivity index is 1.53. The molecule has 1 N–H and O–H groups in total. The zero-order valence-corrected chi connectivity index (χ0v) is 14.9. The average molecular weight is 334 g/mol. The van der Waals surface area contributed by atoms with Crippen molar-refractivity contribution in [3.8, 4) is 0 Å². The number of likely N-dealkylation sites (tertiary alicyclic amines) is 1. The Morgan fingerprint density at radius 2 is 2.17 bits per heavy atom. The Morgan fingerprint density at radius 1 is 1.33 bits per heavy atom. The van der Waals surface area contributed by atoms with Crippen LogP contribution in [0.15, 0.2) is 12.4 Å². The number of hydrogen-bond donors (Lipinski definition) is 1. The lowest BCUT2D eigenvalue weighted by molar-refractivity contribution is 0.0421. The van der Waals surface area contributed by atoms with Gasteiger partial charge in [-0.1, -0.05) is 12.8 Å². The molecule has 1 aromatic rings. The first-order valence-corrected chi connectivity index (χ1v) is 9.22. The monoisotopic (exact) mass is 334 g/mol. The molecule has 2 amide bonds. The number of methoxy groups -OCH3 is 1. The van der Waals surface area contributed by atoms with Crippen LogP contribution < -0.4 is 5.32 Å². The van der Waals surface area contributed by atoms with Crippen molar-refractivity contribution in [1.82, 2.24) is 19.8 Å².